The minimum Gasteiger partial charge on any atom is -0.379 e. The predicted molar refractivity (Wildman–Crippen MR) is 98.9 cm³/mol. The number of hydrogen-bond donors (Lipinski definition) is 0. The van der Waals surface area contributed by atoms with Crippen LogP contribution < -0.4 is 0 Å². The number of hydrogen-bond acceptors (Lipinski definition) is 4. The minimum atomic E-state index is -3.44. The summed E-state index contributed by atoms with van der Waals surface area (Å²) in [6.45, 7) is 11.5. The maximum Gasteiger partial charge on any atom is 0.243 e. The molecule has 6 heteroatoms. The molecule has 0 amide bonds. The largest absolute Gasteiger partial charge is 0.379 e. The smallest absolute Gasteiger partial charge is 0.243 e. The Bertz CT molecular complexity index is 690. The number of sulfonamides is 1. The highest BCUT2D eigenvalue weighted by Crippen LogP contribution is 2.37. The molecule has 2 heterocycles. The molecule has 2 saturated heterocycles. The van der Waals surface area contributed by atoms with Crippen molar-refractivity contribution in [3.05, 3.63) is 29.8 Å². The normalized spacial score (nSPS) is 22.1. The van der Waals surface area contributed by atoms with Gasteiger partial charge in [0.1, 0.15) is 0 Å². The van der Waals surface area contributed by atoms with Crippen LogP contribution in [0.25, 0.3) is 0 Å². The van der Waals surface area contributed by atoms with Gasteiger partial charge in [0.2, 0.25) is 10.0 Å². The number of morpholine rings is 1. The van der Waals surface area contributed by atoms with Crippen molar-refractivity contribution in [1.82, 2.24) is 9.21 Å². The first-order valence-electron chi connectivity index (χ1n) is 9.18. The number of nitrogens with zero attached hydrogens (tertiary/aromatic N) is 2. The highest BCUT2D eigenvalue weighted by molar-refractivity contribution is 7.89. The third-order valence-corrected chi connectivity index (χ3v) is 7.07. The van der Waals surface area contributed by atoms with Gasteiger partial charge in [-0.25, -0.2) is 8.42 Å². The van der Waals surface area contributed by atoms with Crippen LogP contribution in [0.5, 0.6) is 0 Å². The van der Waals surface area contributed by atoms with Crippen LogP contribution in [0.15, 0.2) is 29.2 Å². The third kappa shape index (κ3) is 4.25. The lowest BCUT2D eigenvalue weighted by atomic mass is 9.75. The summed E-state index contributed by atoms with van der Waals surface area (Å²) in [5.41, 5.74) is 1.27. The lowest BCUT2D eigenvalue weighted by molar-refractivity contribution is -0.00690. The Labute approximate surface area is 152 Å². The van der Waals surface area contributed by atoms with E-state index in [1.807, 2.05) is 18.2 Å². The molecule has 0 N–H and O–H groups in total. The fraction of sp³-hybridized carbons (Fsp3) is 0.684. The number of ether oxygens (including phenoxy) is 1. The van der Waals surface area contributed by atoms with E-state index < -0.39 is 10.0 Å². The van der Waals surface area contributed by atoms with Crippen molar-refractivity contribution in [2.75, 3.05) is 39.4 Å². The molecule has 0 spiro atoms. The van der Waals surface area contributed by atoms with Gasteiger partial charge in [-0.15, -0.1) is 0 Å². The molecule has 0 unspecified atom stereocenters. The number of rotatable bonds is 6. The maximum atomic E-state index is 13.0. The average molecular weight is 367 g/mol. The van der Waals surface area contributed by atoms with Crippen molar-refractivity contribution < 1.29 is 13.2 Å². The summed E-state index contributed by atoms with van der Waals surface area (Å²) in [4.78, 5) is 2.81. The molecule has 2 aliphatic rings. The number of likely N-dealkylation sites (tertiary alicyclic amines) is 1. The molecular weight excluding hydrogens is 336 g/mol. The van der Waals surface area contributed by atoms with Gasteiger partial charge in [0, 0.05) is 32.7 Å². The molecule has 0 saturated carbocycles. The van der Waals surface area contributed by atoms with Gasteiger partial charge >= 0.3 is 0 Å². The van der Waals surface area contributed by atoms with E-state index in [2.05, 4.69) is 25.7 Å². The van der Waals surface area contributed by atoms with Crippen molar-refractivity contribution >= 4 is 10.0 Å². The molecule has 1 aromatic carbocycles. The molecule has 25 heavy (non-hydrogen) atoms. The van der Waals surface area contributed by atoms with E-state index in [4.69, 9.17) is 4.74 Å². The summed E-state index contributed by atoms with van der Waals surface area (Å²) in [5, 5.41) is 0. The van der Waals surface area contributed by atoms with E-state index in [0.717, 1.165) is 18.7 Å². The average Bonchev–Trinajstić information content (AvgIpc) is 2.54. The second-order valence-electron chi connectivity index (χ2n) is 8.18. The van der Waals surface area contributed by atoms with Gasteiger partial charge in [0.15, 0.2) is 0 Å². The lowest BCUT2D eigenvalue weighted by Crippen LogP contribution is -2.54. The summed E-state index contributed by atoms with van der Waals surface area (Å²) in [6, 6.07) is 7.44. The Morgan fingerprint density at radius 1 is 1.16 bits per heavy atom. The van der Waals surface area contributed by atoms with E-state index in [9.17, 15) is 8.42 Å². The van der Waals surface area contributed by atoms with E-state index in [1.165, 1.54) is 6.42 Å². The molecular formula is C19H30N2O3S. The van der Waals surface area contributed by atoms with Crippen molar-refractivity contribution in [2.24, 2.45) is 11.3 Å². The van der Waals surface area contributed by atoms with Gasteiger partial charge in [0.05, 0.1) is 18.1 Å². The number of benzene rings is 1. The van der Waals surface area contributed by atoms with Crippen LogP contribution in [-0.4, -0.2) is 57.0 Å². The van der Waals surface area contributed by atoms with Crippen LogP contribution in [-0.2, 0) is 21.3 Å². The molecule has 0 atom stereocenters. The molecule has 0 radical (unpaired) electrons. The highest BCUT2D eigenvalue weighted by Gasteiger charge is 2.39. The second kappa shape index (κ2) is 7.35. The van der Waals surface area contributed by atoms with Crippen LogP contribution in [0.2, 0.25) is 0 Å². The standard InChI is InChI=1S/C19H30N2O3S/c1-16(2)12-19(3)14-20(15-19)13-17-6-4-5-7-18(17)25(22,23)21-8-10-24-11-9-21/h4-7,16H,8-15H2,1-3H3. The molecule has 0 aromatic heterocycles. The van der Waals surface area contributed by atoms with Crippen LogP contribution in [0.3, 0.4) is 0 Å². The van der Waals surface area contributed by atoms with Crippen molar-refractivity contribution in [2.45, 2.75) is 38.6 Å². The van der Waals surface area contributed by atoms with E-state index in [-0.39, 0.29) is 0 Å². The van der Waals surface area contributed by atoms with Gasteiger partial charge < -0.3 is 4.74 Å². The van der Waals surface area contributed by atoms with Gasteiger partial charge in [0.25, 0.3) is 0 Å². The second-order valence-corrected chi connectivity index (χ2v) is 10.1. The molecule has 140 valence electrons. The van der Waals surface area contributed by atoms with E-state index >= 15 is 0 Å². The summed E-state index contributed by atoms with van der Waals surface area (Å²) < 4.78 is 32.9. The van der Waals surface area contributed by atoms with Gasteiger partial charge in [-0.2, -0.15) is 4.31 Å². The van der Waals surface area contributed by atoms with Crippen molar-refractivity contribution in [3.8, 4) is 0 Å². The molecule has 1 aromatic rings. The Morgan fingerprint density at radius 2 is 1.80 bits per heavy atom. The highest BCUT2D eigenvalue weighted by atomic mass is 32.2. The van der Waals surface area contributed by atoms with Crippen LogP contribution >= 0.6 is 0 Å². The first-order valence-corrected chi connectivity index (χ1v) is 10.6. The summed E-state index contributed by atoms with van der Waals surface area (Å²) >= 11 is 0. The van der Waals surface area contributed by atoms with E-state index in [1.54, 1.807) is 10.4 Å². The van der Waals surface area contributed by atoms with Crippen LogP contribution in [0.1, 0.15) is 32.8 Å². The minimum absolute atomic E-state index is 0.367. The predicted octanol–water partition coefficient (Wildman–Crippen LogP) is 2.58. The lowest BCUT2D eigenvalue weighted by Gasteiger charge is -2.49. The zero-order valence-electron chi connectivity index (χ0n) is 15.6. The zero-order valence-corrected chi connectivity index (χ0v) is 16.4. The fourth-order valence-electron chi connectivity index (χ4n) is 4.31. The Kier molecular flexibility index (Phi) is 5.54. The van der Waals surface area contributed by atoms with Crippen molar-refractivity contribution in [3.63, 3.8) is 0 Å². The SMILES string of the molecule is CC(C)CC1(C)CN(Cc2ccccc2S(=O)(=O)N2CCOCC2)C1. The topological polar surface area (TPSA) is 49.9 Å². The van der Waals surface area contributed by atoms with Crippen LogP contribution in [0, 0.1) is 11.3 Å². The maximum absolute atomic E-state index is 13.0. The fourth-order valence-corrected chi connectivity index (χ4v) is 5.94. The third-order valence-electron chi connectivity index (χ3n) is 5.07. The molecule has 2 aliphatic heterocycles. The zero-order chi connectivity index (χ0) is 18.1. The van der Waals surface area contributed by atoms with Gasteiger partial charge in [-0.05, 0) is 29.4 Å². The Balaban J connectivity index is 1.72. The molecule has 0 aliphatic carbocycles. The van der Waals surface area contributed by atoms with Crippen molar-refractivity contribution in [1.29, 1.82) is 0 Å². The Hall–Kier alpha value is -0.950. The monoisotopic (exact) mass is 366 g/mol. The first kappa shape index (κ1) is 18.8. The quantitative estimate of drug-likeness (QED) is 0.776. The summed E-state index contributed by atoms with van der Waals surface area (Å²) in [6.07, 6.45) is 1.22. The van der Waals surface area contributed by atoms with Gasteiger partial charge in [-0.1, -0.05) is 39.0 Å². The molecule has 2 fully saturated rings. The molecule has 0 bridgehead atoms. The van der Waals surface area contributed by atoms with Gasteiger partial charge in [-0.3, -0.25) is 4.90 Å². The van der Waals surface area contributed by atoms with Crippen LogP contribution in [0.4, 0.5) is 0 Å². The Morgan fingerprint density at radius 3 is 2.44 bits per heavy atom. The first-order chi connectivity index (χ1) is 11.8. The molecule has 5 nitrogen and oxygen atoms in total. The van der Waals surface area contributed by atoms with E-state index in [0.29, 0.717) is 49.1 Å². The molecule has 3 rings (SSSR count). The summed E-state index contributed by atoms with van der Waals surface area (Å²) in [7, 11) is -3.44. The summed E-state index contributed by atoms with van der Waals surface area (Å²) in [5.74, 6) is 0.695.